The Balaban J connectivity index is 1.26. The summed E-state index contributed by atoms with van der Waals surface area (Å²) >= 11 is 0. The van der Waals surface area contributed by atoms with Crippen LogP contribution in [0.5, 0.6) is 0 Å². The lowest BCUT2D eigenvalue weighted by Crippen LogP contribution is -2.31. The first-order chi connectivity index (χ1) is 13.6. The third-order valence-electron chi connectivity index (χ3n) is 4.84. The lowest BCUT2D eigenvalue weighted by atomic mass is 10.2. The second-order valence-electron chi connectivity index (χ2n) is 6.76. The molecule has 3 aromatic rings. The first-order valence-electron chi connectivity index (χ1n) is 9.29. The molecular formula is C21H21N3O3S. The van der Waals surface area contributed by atoms with E-state index >= 15 is 0 Å². The number of aromatic nitrogens is 1. The highest BCUT2D eigenvalue weighted by atomic mass is 32.2. The standard InChI is InChI=1S/C21H21N3O3S/c25-21-18-8-2-4-10-20(18)28(26,27)24(21)14-6-5-13-22-15-17-12-11-16-7-1-3-9-19(16)23-17/h1-4,7-12,22H,5-6,13-15H2. The summed E-state index contributed by atoms with van der Waals surface area (Å²) in [7, 11) is -3.70. The maximum Gasteiger partial charge on any atom is 0.269 e. The van der Waals surface area contributed by atoms with Crippen molar-refractivity contribution < 1.29 is 13.2 Å². The van der Waals surface area contributed by atoms with Crippen molar-refractivity contribution >= 4 is 26.8 Å². The summed E-state index contributed by atoms with van der Waals surface area (Å²) in [5.74, 6) is -0.427. The highest BCUT2D eigenvalue weighted by molar-refractivity contribution is 7.90. The van der Waals surface area contributed by atoms with E-state index in [1.54, 1.807) is 18.2 Å². The number of unbranched alkanes of at least 4 members (excludes halogenated alkanes) is 1. The highest BCUT2D eigenvalue weighted by Crippen LogP contribution is 2.29. The molecular weight excluding hydrogens is 374 g/mol. The average molecular weight is 395 g/mol. The van der Waals surface area contributed by atoms with Gasteiger partial charge in [-0.2, -0.15) is 0 Å². The number of pyridine rings is 1. The fourth-order valence-corrected chi connectivity index (χ4v) is 4.99. The minimum absolute atomic E-state index is 0.112. The Morgan fingerprint density at radius 2 is 1.71 bits per heavy atom. The van der Waals surface area contributed by atoms with E-state index in [1.807, 2.05) is 30.3 Å². The number of carbonyl (C=O) groups excluding carboxylic acids is 1. The summed E-state index contributed by atoms with van der Waals surface area (Å²) in [5, 5.41) is 4.44. The number of amides is 1. The molecule has 1 aliphatic heterocycles. The minimum Gasteiger partial charge on any atom is -0.311 e. The topological polar surface area (TPSA) is 79.4 Å². The molecule has 0 radical (unpaired) electrons. The number of fused-ring (bicyclic) bond motifs is 2. The Bertz CT molecular complexity index is 1130. The van der Waals surface area contributed by atoms with Crippen LogP contribution in [-0.2, 0) is 16.6 Å². The van der Waals surface area contributed by atoms with Gasteiger partial charge >= 0.3 is 0 Å². The van der Waals surface area contributed by atoms with Crippen molar-refractivity contribution in [3.8, 4) is 0 Å². The van der Waals surface area contributed by atoms with Gasteiger partial charge in [0.05, 0.1) is 16.8 Å². The number of benzene rings is 2. The summed E-state index contributed by atoms with van der Waals surface area (Å²) in [4.78, 5) is 17.1. The molecule has 2 heterocycles. The lowest BCUT2D eigenvalue weighted by molar-refractivity contribution is 0.0869. The molecule has 1 aliphatic rings. The van der Waals surface area contributed by atoms with Crippen molar-refractivity contribution in [2.45, 2.75) is 24.3 Å². The zero-order valence-electron chi connectivity index (χ0n) is 15.3. The average Bonchev–Trinajstić information content (AvgIpc) is 2.91. The predicted molar refractivity (Wildman–Crippen MR) is 107 cm³/mol. The van der Waals surface area contributed by atoms with Crippen molar-refractivity contribution in [1.82, 2.24) is 14.6 Å². The van der Waals surface area contributed by atoms with Crippen molar-refractivity contribution in [2.24, 2.45) is 0 Å². The second-order valence-corrected chi connectivity index (χ2v) is 8.59. The quantitative estimate of drug-likeness (QED) is 0.622. The van der Waals surface area contributed by atoms with E-state index in [1.165, 1.54) is 6.07 Å². The van der Waals surface area contributed by atoms with Crippen LogP contribution in [0.2, 0.25) is 0 Å². The Labute approximate surface area is 164 Å². The Morgan fingerprint density at radius 3 is 2.57 bits per heavy atom. The highest BCUT2D eigenvalue weighted by Gasteiger charge is 2.40. The van der Waals surface area contributed by atoms with Crippen LogP contribution in [0.4, 0.5) is 0 Å². The maximum atomic E-state index is 12.5. The second kappa shape index (κ2) is 7.69. The maximum absolute atomic E-state index is 12.5. The van der Waals surface area contributed by atoms with Crippen LogP contribution in [0.1, 0.15) is 28.9 Å². The smallest absolute Gasteiger partial charge is 0.269 e. The van der Waals surface area contributed by atoms with Crippen LogP contribution in [0.3, 0.4) is 0 Å². The van der Waals surface area contributed by atoms with Crippen LogP contribution in [0.25, 0.3) is 10.9 Å². The number of nitrogens with one attached hydrogen (secondary N) is 1. The number of carbonyl (C=O) groups is 1. The van der Waals surface area contributed by atoms with Gasteiger partial charge in [-0.1, -0.05) is 36.4 Å². The molecule has 0 bridgehead atoms. The molecule has 1 amide bonds. The molecule has 0 spiro atoms. The van der Waals surface area contributed by atoms with E-state index in [0.717, 1.165) is 33.9 Å². The van der Waals surface area contributed by atoms with Crippen LogP contribution < -0.4 is 5.32 Å². The molecule has 0 unspecified atom stereocenters. The monoisotopic (exact) mass is 395 g/mol. The molecule has 0 saturated carbocycles. The summed E-state index contributed by atoms with van der Waals surface area (Å²) in [6.07, 6.45) is 1.38. The van der Waals surface area contributed by atoms with Gasteiger partial charge in [0, 0.05) is 18.5 Å². The summed E-state index contributed by atoms with van der Waals surface area (Å²) < 4.78 is 26.0. The minimum atomic E-state index is -3.70. The number of nitrogens with zero attached hydrogens (tertiary/aromatic N) is 2. The molecule has 6 nitrogen and oxygen atoms in total. The molecule has 28 heavy (non-hydrogen) atoms. The number of rotatable bonds is 7. The normalized spacial score (nSPS) is 15.1. The van der Waals surface area contributed by atoms with Crippen LogP contribution in [-0.4, -0.2) is 36.7 Å². The third-order valence-corrected chi connectivity index (χ3v) is 6.68. The van der Waals surface area contributed by atoms with Crippen LogP contribution in [0, 0.1) is 0 Å². The fraction of sp³-hybridized carbons (Fsp3) is 0.238. The van der Waals surface area contributed by atoms with Gasteiger partial charge in [-0.3, -0.25) is 9.78 Å². The predicted octanol–water partition coefficient (Wildman–Crippen LogP) is 2.95. The Kier molecular flexibility index (Phi) is 5.11. The molecule has 1 aromatic heterocycles. The van der Waals surface area contributed by atoms with Crippen molar-refractivity contribution in [3.05, 3.63) is 71.9 Å². The van der Waals surface area contributed by atoms with Gasteiger partial charge in [0.15, 0.2) is 0 Å². The van der Waals surface area contributed by atoms with Crippen molar-refractivity contribution in [3.63, 3.8) is 0 Å². The van der Waals surface area contributed by atoms with E-state index in [-0.39, 0.29) is 17.0 Å². The van der Waals surface area contributed by atoms with E-state index < -0.39 is 15.9 Å². The molecule has 144 valence electrons. The zero-order chi connectivity index (χ0) is 19.6. The SMILES string of the molecule is O=C1c2ccccc2S(=O)(=O)N1CCCCNCc1ccc2ccccc2n1. The lowest BCUT2D eigenvalue weighted by Gasteiger charge is -2.14. The Morgan fingerprint density at radius 1 is 0.929 bits per heavy atom. The summed E-state index contributed by atoms with van der Waals surface area (Å²) in [6, 6.07) is 18.4. The molecule has 2 aromatic carbocycles. The molecule has 0 aliphatic carbocycles. The zero-order valence-corrected chi connectivity index (χ0v) is 16.2. The molecule has 1 N–H and O–H groups in total. The largest absolute Gasteiger partial charge is 0.311 e. The first kappa shape index (κ1) is 18.6. The van der Waals surface area contributed by atoms with Crippen molar-refractivity contribution in [1.29, 1.82) is 0 Å². The van der Waals surface area contributed by atoms with E-state index in [2.05, 4.69) is 16.4 Å². The van der Waals surface area contributed by atoms with Gasteiger partial charge in [0.2, 0.25) is 0 Å². The van der Waals surface area contributed by atoms with Crippen LogP contribution >= 0.6 is 0 Å². The molecule has 7 heteroatoms. The van der Waals surface area contributed by atoms with Crippen molar-refractivity contribution in [2.75, 3.05) is 13.1 Å². The fourth-order valence-electron chi connectivity index (χ4n) is 3.38. The summed E-state index contributed by atoms with van der Waals surface area (Å²) in [6.45, 7) is 1.58. The van der Waals surface area contributed by atoms with E-state index in [9.17, 15) is 13.2 Å². The van der Waals surface area contributed by atoms with Crippen LogP contribution in [0.15, 0.2) is 65.6 Å². The molecule has 0 saturated heterocycles. The van der Waals surface area contributed by atoms with E-state index in [0.29, 0.717) is 13.0 Å². The molecule has 0 fully saturated rings. The van der Waals surface area contributed by atoms with Gasteiger partial charge in [0.1, 0.15) is 4.90 Å². The number of hydrogen-bond donors (Lipinski definition) is 1. The van der Waals surface area contributed by atoms with Gasteiger partial charge in [-0.05, 0) is 43.7 Å². The Hall–Kier alpha value is -2.77. The summed E-state index contributed by atoms with van der Waals surface area (Å²) in [5.41, 5.74) is 2.20. The van der Waals surface area contributed by atoms with Gasteiger partial charge < -0.3 is 5.32 Å². The molecule has 4 rings (SSSR count). The molecule has 0 atom stereocenters. The third kappa shape index (κ3) is 3.50. The number of sulfonamides is 1. The van der Waals surface area contributed by atoms with Gasteiger partial charge in [-0.25, -0.2) is 12.7 Å². The number of para-hydroxylation sites is 1. The first-order valence-corrected chi connectivity index (χ1v) is 10.7. The van der Waals surface area contributed by atoms with Gasteiger partial charge in [0.25, 0.3) is 15.9 Å². The van der Waals surface area contributed by atoms with Gasteiger partial charge in [-0.15, -0.1) is 0 Å². The van der Waals surface area contributed by atoms with E-state index in [4.69, 9.17) is 0 Å². The number of hydrogen-bond acceptors (Lipinski definition) is 5.